The van der Waals surface area contributed by atoms with Gasteiger partial charge in [-0.2, -0.15) is 0 Å². The van der Waals surface area contributed by atoms with E-state index in [0.717, 1.165) is 24.0 Å². The van der Waals surface area contributed by atoms with E-state index in [2.05, 4.69) is 13.8 Å². The van der Waals surface area contributed by atoms with Crippen molar-refractivity contribution < 1.29 is 42.1 Å². The van der Waals surface area contributed by atoms with Gasteiger partial charge in [0.2, 0.25) is 0 Å². The Hall–Kier alpha value is -1.40. The first-order valence-electron chi connectivity index (χ1n) is 7.27. The monoisotopic (exact) mass is 344 g/mol. The first kappa shape index (κ1) is 17.0. The molecule has 2 aliphatic carbocycles. The molecule has 0 aromatic heterocycles. The minimum absolute atomic E-state index is 0.214. The molecule has 2 rings (SSSR count). The van der Waals surface area contributed by atoms with Gasteiger partial charge in [0.25, 0.3) is 0 Å². The van der Waals surface area contributed by atoms with E-state index in [1.54, 1.807) is 0 Å². The fraction of sp³-hybridized carbons (Fsp3) is 0.533. The molecule has 0 heterocycles. The molecule has 2 aliphatic rings. The van der Waals surface area contributed by atoms with Crippen LogP contribution in [0.25, 0.3) is 0 Å². The van der Waals surface area contributed by atoms with Crippen molar-refractivity contribution in [2.24, 2.45) is 5.92 Å². The van der Waals surface area contributed by atoms with Crippen LogP contribution in [0.4, 0.5) is 0 Å². The number of allylic oxidation sites excluding steroid dienone is 4. The second kappa shape index (κ2) is 6.79. The van der Waals surface area contributed by atoms with Crippen molar-refractivity contribution in [3.63, 3.8) is 0 Å². The van der Waals surface area contributed by atoms with E-state index in [-0.39, 0.29) is 23.6 Å². The molecule has 0 saturated heterocycles. The summed E-state index contributed by atoms with van der Waals surface area (Å²) in [5.41, 5.74) is 4.72. The van der Waals surface area contributed by atoms with E-state index in [4.69, 9.17) is 9.96 Å². The molecule has 6 nitrogen and oxygen atoms in total. The van der Waals surface area contributed by atoms with Gasteiger partial charge in [-0.3, -0.25) is 0 Å². The Morgan fingerprint density at radius 2 is 1.59 bits per heavy atom. The number of carbonyl (C=O) groups is 3. The summed E-state index contributed by atoms with van der Waals surface area (Å²) in [4.78, 5) is 32.8. The molecule has 0 bridgehead atoms. The minimum atomic E-state index is -4.39. The number of carbonyl (C=O) groups excluding carboxylic acids is 3. The summed E-state index contributed by atoms with van der Waals surface area (Å²) in [7, 11) is 0. The first-order valence-corrected chi connectivity index (χ1v) is 10.1. The number of rotatable bonds is 7. The molecular formula is C15H20O6Ti. The molecule has 120 valence electrons. The average Bonchev–Trinajstić information content (AvgIpc) is 2.73. The van der Waals surface area contributed by atoms with Gasteiger partial charge in [-0.25, -0.2) is 0 Å². The normalized spacial score (nSPS) is 24.7. The van der Waals surface area contributed by atoms with Crippen LogP contribution < -0.4 is 0 Å². The average molecular weight is 344 g/mol. The second-order valence-electron chi connectivity index (χ2n) is 5.66. The molecule has 0 aromatic rings. The van der Waals surface area contributed by atoms with Gasteiger partial charge in [-0.1, -0.05) is 0 Å². The van der Waals surface area contributed by atoms with Crippen LogP contribution in [0.3, 0.4) is 0 Å². The second-order valence-corrected chi connectivity index (χ2v) is 9.74. The molecule has 0 aromatic carbocycles. The van der Waals surface area contributed by atoms with Crippen LogP contribution in [0.1, 0.15) is 40.0 Å². The zero-order valence-corrected chi connectivity index (χ0v) is 14.5. The van der Waals surface area contributed by atoms with E-state index in [1.807, 2.05) is 6.92 Å². The van der Waals surface area contributed by atoms with Crippen LogP contribution in [-0.2, 0) is 42.1 Å². The van der Waals surface area contributed by atoms with Gasteiger partial charge >= 0.3 is 134 Å². The van der Waals surface area contributed by atoms with Gasteiger partial charge in [-0.15, -0.1) is 0 Å². The van der Waals surface area contributed by atoms with Crippen LogP contribution in [0, 0.1) is 5.92 Å². The molecule has 22 heavy (non-hydrogen) atoms. The Morgan fingerprint density at radius 3 is 2.09 bits per heavy atom. The Bertz CT molecular complexity index is 524. The van der Waals surface area contributed by atoms with Gasteiger partial charge in [0.1, 0.15) is 0 Å². The third-order valence-electron chi connectivity index (χ3n) is 4.86. The molecule has 0 amide bonds. The Balaban J connectivity index is 2.53. The van der Waals surface area contributed by atoms with Crippen molar-refractivity contribution in [2.75, 3.05) is 0 Å². The third-order valence-corrected chi connectivity index (χ3v) is 9.09. The fourth-order valence-electron chi connectivity index (χ4n) is 3.63. The predicted octanol–water partition coefficient (Wildman–Crippen LogP) is 2.66. The molecule has 7 heteroatoms. The van der Waals surface area contributed by atoms with Crippen LogP contribution in [0.5, 0.6) is 0 Å². The molecule has 0 N–H and O–H groups in total. The summed E-state index contributed by atoms with van der Waals surface area (Å²) in [5, 5.41) is 0. The van der Waals surface area contributed by atoms with Crippen LogP contribution in [-0.4, -0.2) is 19.4 Å². The Labute approximate surface area is 134 Å². The van der Waals surface area contributed by atoms with Crippen molar-refractivity contribution in [3.8, 4) is 0 Å². The summed E-state index contributed by atoms with van der Waals surface area (Å²) in [6.45, 7) is 6.87. The van der Waals surface area contributed by atoms with E-state index in [1.165, 1.54) is 11.1 Å². The van der Waals surface area contributed by atoms with Gasteiger partial charge in [0.05, 0.1) is 0 Å². The summed E-state index contributed by atoms with van der Waals surface area (Å²) < 4.78 is 15.0. The topological polar surface area (TPSA) is 78.9 Å². The van der Waals surface area contributed by atoms with Crippen molar-refractivity contribution in [1.29, 1.82) is 0 Å². The van der Waals surface area contributed by atoms with E-state index < -0.39 is 17.8 Å². The van der Waals surface area contributed by atoms with Gasteiger partial charge in [0.15, 0.2) is 0 Å². The summed E-state index contributed by atoms with van der Waals surface area (Å²) in [6.07, 6.45) is 2.52. The standard InChI is InChI=1S/C12H17.3CH2O2.Ti/c1-8-9(2)11-6-4-5-7-12(11)10(8)3;3*2-1-3;/h6,10H,4-5,7H2,1-3H3;3*1H,(H,2,3);/q;;;;+3/p-3. The predicted molar refractivity (Wildman–Crippen MR) is 73.6 cm³/mol. The van der Waals surface area contributed by atoms with Gasteiger partial charge in [-0.05, 0) is 0 Å². The summed E-state index contributed by atoms with van der Waals surface area (Å²) >= 11 is -4.39. The molecule has 0 aliphatic heterocycles. The van der Waals surface area contributed by atoms with Crippen LogP contribution in [0.2, 0.25) is 4.22 Å². The number of hydrogen-bond acceptors (Lipinski definition) is 6. The fourth-order valence-corrected chi connectivity index (χ4v) is 7.34. The maximum atomic E-state index is 10.9. The zero-order chi connectivity index (χ0) is 16.3. The van der Waals surface area contributed by atoms with Crippen molar-refractivity contribution >= 4 is 19.4 Å². The molecule has 2 unspecified atom stereocenters. The van der Waals surface area contributed by atoms with Gasteiger partial charge in [0, 0.05) is 0 Å². The van der Waals surface area contributed by atoms with Crippen molar-refractivity contribution in [1.82, 2.24) is 0 Å². The molecule has 0 radical (unpaired) electrons. The van der Waals surface area contributed by atoms with E-state index >= 15 is 0 Å². The Morgan fingerprint density at radius 1 is 1.05 bits per heavy atom. The van der Waals surface area contributed by atoms with E-state index in [0.29, 0.717) is 12.3 Å². The van der Waals surface area contributed by atoms with Crippen molar-refractivity contribution in [2.45, 2.75) is 44.3 Å². The molecule has 0 spiro atoms. The number of hydrogen-bond donors (Lipinski definition) is 0. The van der Waals surface area contributed by atoms with Crippen molar-refractivity contribution in [3.05, 3.63) is 22.3 Å². The molecule has 0 saturated carbocycles. The molecule has 0 fully saturated rings. The first-order chi connectivity index (χ1) is 10.5. The zero-order valence-electron chi connectivity index (χ0n) is 13.0. The molecule has 2 atom stereocenters. The summed E-state index contributed by atoms with van der Waals surface area (Å²) in [5.74, 6) is 0.321. The SMILES string of the molecule is CC1=C(C)C(C)C2=C1[CH]([Ti]([O]C=O)([O]C=O)[O]C=O)CCC2. The third kappa shape index (κ3) is 2.65. The quantitative estimate of drug-likeness (QED) is 0.522. The van der Waals surface area contributed by atoms with Crippen LogP contribution in [0.15, 0.2) is 22.3 Å². The van der Waals surface area contributed by atoms with E-state index in [9.17, 15) is 14.4 Å². The van der Waals surface area contributed by atoms with Crippen LogP contribution >= 0.6 is 0 Å². The summed E-state index contributed by atoms with van der Waals surface area (Å²) in [6, 6.07) is 0. The molecular weight excluding hydrogens is 324 g/mol. The Kier molecular flexibility index (Phi) is 5.24. The van der Waals surface area contributed by atoms with Gasteiger partial charge < -0.3 is 0 Å². The maximum absolute atomic E-state index is 10.9.